The summed E-state index contributed by atoms with van der Waals surface area (Å²) in [4.78, 5) is 14.7. The van der Waals surface area contributed by atoms with Crippen molar-refractivity contribution in [3.63, 3.8) is 0 Å². The van der Waals surface area contributed by atoms with Crippen LogP contribution in [0.4, 0.5) is 5.69 Å². The highest BCUT2D eigenvalue weighted by Crippen LogP contribution is 2.24. The van der Waals surface area contributed by atoms with Crippen LogP contribution in [0.3, 0.4) is 0 Å². The molecule has 4 nitrogen and oxygen atoms in total. The normalized spacial score (nSPS) is 14.0. The number of aryl methyl sites for hydroxylation is 1. The summed E-state index contributed by atoms with van der Waals surface area (Å²) in [5.74, 6) is 0.180. The molecule has 4 heteroatoms. The standard InChI is InChI=1S/C20H21N3O/c1-22-12-16(18-4-2-3-5-19(18)22)11-20(24)23-9-8-14-6-7-17(21)10-15(14)13-23/h2-7,10,12H,8-9,11,13,21H2,1H3. The zero-order valence-electron chi connectivity index (χ0n) is 13.8. The molecule has 1 aromatic heterocycles. The Morgan fingerprint density at radius 1 is 1.17 bits per heavy atom. The predicted molar refractivity (Wildman–Crippen MR) is 96.6 cm³/mol. The molecule has 0 saturated carbocycles. The van der Waals surface area contributed by atoms with Gasteiger partial charge in [0.2, 0.25) is 5.91 Å². The zero-order valence-corrected chi connectivity index (χ0v) is 13.8. The summed E-state index contributed by atoms with van der Waals surface area (Å²) in [5, 5.41) is 1.16. The lowest BCUT2D eigenvalue weighted by Gasteiger charge is -2.29. The third-order valence-corrected chi connectivity index (χ3v) is 4.92. The van der Waals surface area contributed by atoms with Gasteiger partial charge in [0.25, 0.3) is 0 Å². The Morgan fingerprint density at radius 3 is 2.88 bits per heavy atom. The first-order valence-electron chi connectivity index (χ1n) is 8.30. The van der Waals surface area contributed by atoms with Gasteiger partial charge >= 0.3 is 0 Å². The molecule has 0 spiro atoms. The van der Waals surface area contributed by atoms with Crippen molar-refractivity contribution in [2.75, 3.05) is 12.3 Å². The zero-order chi connectivity index (χ0) is 16.7. The van der Waals surface area contributed by atoms with E-state index in [0.717, 1.165) is 35.1 Å². The Bertz CT molecular complexity index is 926. The van der Waals surface area contributed by atoms with Gasteiger partial charge in [-0.2, -0.15) is 0 Å². The Labute approximate surface area is 141 Å². The molecule has 4 rings (SSSR count). The maximum atomic E-state index is 12.8. The number of anilines is 1. The van der Waals surface area contributed by atoms with Gasteiger partial charge in [-0.25, -0.2) is 0 Å². The van der Waals surface area contributed by atoms with Crippen LogP contribution in [-0.2, 0) is 31.2 Å². The molecular weight excluding hydrogens is 298 g/mol. The molecule has 3 aromatic rings. The average Bonchev–Trinajstić information content (AvgIpc) is 2.90. The maximum absolute atomic E-state index is 12.8. The Kier molecular flexibility index (Phi) is 3.53. The quantitative estimate of drug-likeness (QED) is 0.738. The van der Waals surface area contributed by atoms with Gasteiger partial charge < -0.3 is 15.2 Å². The molecule has 0 fully saturated rings. The second kappa shape index (κ2) is 5.71. The van der Waals surface area contributed by atoms with Crippen LogP contribution in [0, 0.1) is 0 Å². The molecule has 0 aliphatic carbocycles. The van der Waals surface area contributed by atoms with Crippen molar-refractivity contribution in [1.29, 1.82) is 0 Å². The fourth-order valence-electron chi connectivity index (χ4n) is 3.63. The molecule has 24 heavy (non-hydrogen) atoms. The van der Waals surface area contributed by atoms with E-state index in [0.29, 0.717) is 13.0 Å². The molecule has 0 unspecified atom stereocenters. The lowest BCUT2D eigenvalue weighted by Crippen LogP contribution is -2.36. The summed E-state index contributed by atoms with van der Waals surface area (Å²) in [5.41, 5.74) is 11.4. The summed E-state index contributed by atoms with van der Waals surface area (Å²) < 4.78 is 2.09. The fourth-order valence-corrected chi connectivity index (χ4v) is 3.63. The minimum Gasteiger partial charge on any atom is -0.399 e. The number of carbonyl (C=O) groups is 1. The lowest BCUT2D eigenvalue weighted by molar-refractivity contribution is -0.131. The molecule has 2 N–H and O–H groups in total. The molecule has 1 aliphatic heterocycles. The summed E-state index contributed by atoms with van der Waals surface area (Å²) >= 11 is 0. The van der Waals surface area contributed by atoms with Crippen molar-refractivity contribution in [2.45, 2.75) is 19.4 Å². The van der Waals surface area contributed by atoms with E-state index in [2.05, 4.69) is 29.0 Å². The van der Waals surface area contributed by atoms with Crippen molar-refractivity contribution in [2.24, 2.45) is 7.05 Å². The van der Waals surface area contributed by atoms with E-state index in [9.17, 15) is 4.79 Å². The van der Waals surface area contributed by atoms with Crippen LogP contribution in [-0.4, -0.2) is 21.9 Å². The van der Waals surface area contributed by atoms with Crippen molar-refractivity contribution in [3.05, 3.63) is 65.4 Å². The first-order valence-corrected chi connectivity index (χ1v) is 8.30. The molecule has 2 aromatic carbocycles. The van der Waals surface area contributed by atoms with E-state index in [4.69, 9.17) is 5.73 Å². The van der Waals surface area contributed by atoms with Crippen LogP contribution >= 0.6 is 0 Å². The lowest BCUT2D eigenvalue weighted by atomic mass is 9.98. The van der Waals surface area contributed by atoms with Gasteiger partial charge in [-0.3, -0.25) is 4.79 Å². The van der Waals surface area contributed by atoms with Crippen LogP contribution in [0.25, 0.3) is 10.9 Å². The summed E-state index contributed by atoms with van der Waals surface area (Å²) in [6.45, 7) is 1.44. The van der Waals surface area contributed by atoms with E-state index in [1.807, 2.05) is 36.2 Å². The topological polar surface area (TPSA) is 51.3 Å². The minimum absolute atomic E-state index is 0.180. The molecular formula is C20H21N3O. The first kappa shape index (κ1) is 14.8. The molecule has 0 atom stereocenters. The Hall–Kier alpha value is -2.75. The minimum atomic E-state index is 0.180. The maximum Gasteiger partial charge on any atom is 0.227 e. The highest BCUT2D eigenvalue weighted by Gasteiger charge is 2.22. The van der Waals surface area contributed by atoms with Crippen molar-refractivity contribution < 1.29 is 4.79 Å². The van der Waals surface area contributed by atoms with Crippen LogP contribution in [0.15, 0.2) is 48.7 Å². The third kappa shape index (κ3) is 2.54. The average molecular weight is 319 g/mol. The molecule has 0 radical (unpaired) electrons. The second-order valence-electron chi connectivity index (χ2n) is 6.55. The number of nitrogen functional groups attached to an aromatic ring is 1. The van der Waals surface area contributed by atoms with Crippen molar-refractivity contribution in [1.82, 2.24) is 9.47 Å². The molecule has 0 bridgehead atoms. The predicted octanol–water partition coefficient (Wildman–Crippen LogP) is 2.89. The highest BCUT2D eigenvalue weighted by atomic mass is 16.2. The molecule has 122 valence electrons. The Morgan fingerprint density at radius 2 is 2.00 bits per heavy atom. The number of hydrogen-bond donors (Lipinski definition) is 1. The van der Waals surface area contributed by atoms with Gasteiger partial charge in [0.15, 0.2) is 0 Å². The van der Waals surface area contributed by atoms with Gasteiger partial charge in [-0.1, -0.05) is 24.3 Å². The van der Waals surface area contributed by atoms with E-state index >= 15 is 0 Å². The van der Waals surface area contributed by atoms with Crippen LogP contribution in [0.2, 0.25) is 0 Å². The molecule has 1 aliphatic rings. The SMILES string of the molecule is Cn1cc(CC(=O)N2CCc3ccc(N)cc3C2)c2ccccc21. The molecule has 0 saturated heterocycles. The summed E-state index contributed by atoms with van der Waals surface area (Å²) in [7, 11) is 2.02. The summed E-state index contributed by atoms with van der Waals surface area (Å²) in [6, 6.07) is 14.2. The fraction of sp³-hybridized carbons (Fsp3) is 0.250. The largest absolute Gasteiger partial charge is 0.399 e. The number of nitrogens with two attached hydrogens (primary N) is 1. The van der Waals surface area contributed by atoms with E-state index < -0.39 is 0 Å². The number of aromatic nitrogens is 1. The summed E-state index contributed by atoms with van der Waals surface area (Å²) in [6.07, 6.45) is 3.41. The van der Waals surface area contributed by atoms with Gasteiger partial charge in [0, 0.05) is 42.9 Å². The van der Waals surface area contributed by atoms with Crippen molar-refractivity contribution >= 4 is 22.5 Å². The van der Waals surface area contributed by atoms with Gasteiger partial charge in [-0.15, -0.1) is 0 Å². The number of para-hydroxylation sites is 1. The van der Waals surface area contributed by atoms with Crippen LogP contribution < -0.4 is 5.73 Å². The van der Waals surface area contributed by atoms with Crippen LogP contribution in [0.5, 0.6) is 0 Å². The van der Waals surface area contributed by atoms with E-state index in [-0.39, 0.29) is 5.91 Å². The highest BCUT2D eigenvalue weighted by molar-refractivity contribution is 5.89. The number of nitrogens with zero attached hydrogens (tertiary/aromatic N) is 2. The van der Waals surface area contributed by atoms with Gasteiger partial charge in [0.1, 0.15) is 0 Å². The number of fused-ring (bicyclic) bond motifs is 2. The van der Waals surface area contributed by atoms with Crippen molar-refractivity contribution in [3.8, 4) is 0 Å². The van der Waals surface area contributed by atoms with Crippen LogP contribution in [0.1, 0.15) is 16.7 Å². The smallest absolute Gasteiger partial charge is 0.227 e. The third-order valence-electron chi connectivity index (χ3n) is 4.92. The van der Waals surface area contributed by atoms with Gasteiger partial charge in [-0.05, 0) is 41.3 Å². The number of carbonyl (C=O) groups excluding carboxylic acids is 1. The monoisotopic (exact) mass is 319 g/mol. The van der Waals surface area contributed by atoms with E-state index in [1.54, 1.807) is 0 Å². The Balaban J connectivity index is 1.56. The number of hydrogen-bond acceptors (Lipinski definition) is 2. The molecule has 2 heterocycles. The second-order valence-corrected chi connectivity index (χ2v) is 6.55. The van der Waals surface area contributed by atoms with Gasteiger partial charge in [0.05, 0.1) is 6.42 Å². The van der Waals surface area contributed by atoms with E-state index in [1.165, 1.54) is 11.1 Å². The number of benzene rings is 2. The number of rotatable bonds is 2. The molecule has 1 amide bonds. The number of amides is 1. The first-order chi connectivity index (χ1) is 11.6.